The first-order chi connectivity index (χ1) is 16.5. The third-order valence-corrected chi connectivity index (χ3v) is 5.17. The molecule has 0 bridgehead atoms. The number of rotatable bonds is 7. The van der Waals surface area contributed by atoms with Gasteiger partial charge in [0.1, 0.15) is 31.0 Å². The standard InChI is InChI=1S/C23H24O12/c1-10(24)33-9-17-20(30)21(31)22(32)23(35-17)34-16-7-4-12(18(28)19(16)29)13(25)5-2-11-3-6-14(26)15(27)8-11/h2-8,17,20-23,26-32H,9H2,1H3/t17-,20-,21+,22-,23-/m1/s1. The Kier molecular flexibility index (Phi) is 7.82. The molecule has 12 nitrogen and oxygen atoms in total. The fourth-order valence-electron chi connectivity index (χ4n) is 3.24. The van der Waals surface area contributed by atoms with Gasteiger partial charge in [-0.3, -0.25) is 9.59 Å². The van der Waals surface area contributed by atoms with Crippen LogP contribution in [0.1, 0.15) is 22.8 Å². The van der Waals surface area contributed by atoms with Crippen LogP contribution in [-0.4, -0.2) is 84.8 Å². The fraction of sp³-hybridized carbons (Fsp3) is 0.304. The van der Waals surface area contributed by atoms with Crippen LogP contribution in [0.15, 0.2) is 36.4 Å². The molecule has 3 rings (SSSR count). The summed E-state index contributed by atoms with van der Waals surface area (Å²) in [5, 5.41) is 69.7. The summed E-state index contributed by atoms with van der Waals surface area (Å²) in [6, 6.07) is 6.11. The van der Waals surface area contributed by atoms with Crippen molar-refractivity contribution in [1.82, 2.24) is 0 Å². The van der Waals surface area contributed by atoms with Gasteiger partial charge in [0.15, 0.2) is 28.8 Å². The summed E-state index contributed by atoms with van der Waals surface area (Å²) in [6.07, 6.45) is -5.64. The highest BCUT2D eigenvalue weighted by Gasteiger charge is 2.45. The molecule has 0 spiro atoms. The van der Waals surface area contributed by atoms with E-state index in [2.05, 4.69) is 0 Å². The van der Waals surface area contributed by atoms with E-state index in [0.717, 1.165) is 25.1 Å². The maximum absolute atomic E-state index is 12.5. The van der Waals surface area contributed by atoms with Gasteiger partial charge in [0, 0.05) is 6.92 Å². The van der Waals surface area contributed by atoms with Crippen molar-refractivity contribution in [2.75, 3.05) is 6.61 Å². The zero-order chi connectivity index (χ0) is 25.9. The molecule has 0 radical (unpaired) electrons. The second-order valence-corrected chi connectivity index (χ2v) is 7.69. The van der Waals surface area contributed by atoms with E-state index in [4.69, 9.17) is 14.2 Å². The Bertz CT molecular complexity index is 1130. The molecule has 1 saturated heterocycles. The lowest BCUT2D eigenvalue weighted by atomic mass is 9.99. The maximum Gasteiger partial charge on any atom is 0.302 e. The zero-order valence-corrected chi connectivity index (χ0v) is 18.3. The molecule has 1 heterocycles. The molecule has 7 N–H and O–H groups in total. The highest BCUT2D eigenvalue weighted by molar-refractivity contribution is 6.09. The van der Waals surface area contributed by atoms with Crippen LogP contribution >= 0.6 is 0 Å². The highest BCUT2D eigenvalue weighted by Crippen LogP contribution is 2.40. The van der Waals surface area contributed by atoms with Gasteiger partial charge in [-0.1, -0.05) is 12.1 Å². The van der Waals surface area contributed by atoms with E-state index in [1.807, 2.05) is 0 Å². The highest BCUT2D eigenvalue weighted by atomic mass is 16.7. The van der Waals surface area contributed by atoms with Crippen LogP contribution in [0.4, 0.5) is 0 Å². The topological polar surface area (TPSA) is 203 Å². The predicted molar refractivity (Wildman–Crippen MR) is 117 cm³/mol. The molecule has 2 aromatic carbocycles. The molecule has 12 heteroatoms. The molecule has 0 aromatic heterocycles. The summed E-state index contributed by atoms with van der Waals surface area (Å²) in [7, 11) is 0. The number of allylic oxidation sites excluding steroid dienone is 1. The molecule has 35 heavy (non-hydrogen) atoms. The molecule has 0 saturated carbocycles. The molecule has 188 valence electrons. The minimum absolute atomic E-state index is 0.303. The summed E-state index contributed by atoms with van der Waals surface area (Å²) in [4.78, 5) is 23.5. The smallest absolute Gasteiger partial charge is 0.302 e. The van der Waals surface area contributed by atoms with Crippen molar-refractivity contribution < 1.29 is 59.5 Å². The van der Waals surface area contributed by atoms with Crippen LogP contribution in [0.25, 0.3) is 6.08 Å². The number of aliphatic hydroxyl groups is 3. The van der Waals surface area contributed by atoms with E-state index < -0.39 is 66.3 Å². The molecule has 1 aliphatic heterocycles. The van der Waals surface area contributed by atoms with Gasteiger partial charge in [0.2, 0.25) is 12.0 Å². The first kappa shape index (κ1) is 25.8. The molecule has 1 aliphatic rings. The third-order valence-electron chi connectivity index (χ3n) is 5.17. The molecule has 0 aliphatic carbocycles. The number of hydrogen-bond acceptors (Lipinski definition) is 12. The lowest BCUT2D eigenvalue weighted by Gasteiger charge is -2.39. The van der Waals surface area contributed by atoms with E-state index in [9.17, 15) is 45.3 Å². The molecule has 5 atom stereocenters. The van der Waals surface area contributed by atoms with E-state index >= 15 is 0 Å². The van der Waals surface area contributed by atoms with Crippen molar-refractivity contribution in [2.45, 2.75) is 37.6 Å². The summed E-state index contributed by atoms with van der Waals surface area (Å²) >= 11 is 0. The van der Waals surface area contributed by atoms with Crippen LogP contribution in [-0.2, 0) is 14.3 Å². The lowest BCUT2D eigenvalue weighted by molar-refractivity contribution is -0.278. The number of ketones is 1. The predicted octanol–water partition coefficient (Wildman–Crippen LogP) is 0.155. The van der Waals surface area contributed by atoms with Gasteiger partial charge in [-0.2, -0.15) is 0 Å². The van der Waals surface area contributed by atoms with Gasteiger partial charge in [-0.05, 0) is 35.9 Å². The Labute approximate surface area is 198 Å². The summed E-state index contributed by atoms with van der Waals surface area (Å²) < 4.78 is 15.4. The second-order valence-electron chi connectivity index (χ2n) is 7.69. The molecule has 2 aromatic rings. The number of benzene rings is 2. The SMILES string of the molecule is CC(=O)OC[C@H]1O[C@@H](Oc2ccc(C(=O)C=Cc3ccc(O)c(O)c3)c(O)c2O)[C@H](O)[C@@H](O)[C@@H]1O. The first-order valence-electron chi connectivity index (χ1n) is 10.3. The molecular weight excluding hydrogens is 468 g/mol. The molecule has 0 amide bonds. The Balaban J connectivity index is 1.76. The summed E-state index contributed by atoms with van der Waals surface area (Å²) in [5.41, 5.74) is 0.0761. The van der Waals surface area contributed by atoms with E-state index in [0.29, 0.717) is 5.56 Å². The number of hydrogen-bond donors (Lipinski definition) is 7. The number of esters is 1. The molecular formula is C23H24O12. The fourth-order valence-corrected chi connectivity index (χ4v) is 3.24. The van der Waals surface area contributed by atoms with Crippen LogP contribution in [0.3, 0.4) is 0 Å². The van der Waals surface area contributed by atoms with Gasteiger partial charge < -0.3 is 50.0 Å². The minimum Gasteiger partial charge on any atom is -0.504 e. The van der Waals surface area contributed by atoms with Crippen molar-refractivity contribution in [1.29, 1.82) is 0 Å². The number of carbonyl (C=O) groups excluding carboxylic acids is 2. The maximum atomic E-state index is 12.5. The lowest BCUT2D eigenvalue weighted by Crippen LogP contribution is -2.60. The second kappa shape index (κ2) is 10.6. The number of phenolic OH excluding ortho intramolecular Hbond substituents is 4. The Morgan fingerprint density at radius 1 is 0.943 bits per heavy atom. The van der Waals surface area contributed by atoms with Crippen LogP contribution in [0, 0.1) is 0 Å². The van der Waals surface area contributed by atoms with Gasteiger partial charge >= 0.3 is 5.97 Å². The minimum atomic E-state index is -1.77. The van der Waals surface area contributed by atoms with Gasteiger partial charge in [-0.25, -0.2) is 0 Å². The number of aliphatic hydroxyl groups excluding tert-OH is 3. The third kappa shape index (κ3) is 5.81. The average molecular weight is 492 g/mol. The van der Waals surface area contributed by atoms with E-state index in [-0.39, 0.29) is 17.1 Å². The van der Waals surface area contributed by atoms with Gasteiger partial charge in [-0.15, -0.1) is 0 Å². The zero-order valence-electron chi connectivity index (χ0n) is 18.3. The Morgan fingerprint density at radius 3 is 2.31 bits per heavy atom. The van der Waals surface area contributed by atoms with E-state index in [1.165, 1.54) is 24.3 Å². The first-order valence-corrected chi connectivity index (χ1v) is 10.3. The number of phenols is 4. The summed E-state index contributed by atoms with van der Waals surface area (Å²) in [5.74, 6) is -4.22. The molecule has 1 fully saturated rings. The summed E-state index contributed by atoms with van der Waals surface area (Å²) in [6.45, 7) is 0.678. The molecule has 0 unspecified atom stereocenters. The largest absolute Gasteiger partial charge is 0.504 e. The monoisotopic (exact) mass is 492 g/mol. The van der Waals surface area contributed by atoms with Crippen LogP contribution in [0.5, 0.6) is 28.7 Å². The van der Waals surface area contributed by atoms with Crippen molar-refractivity contribution in [2.24, 2.45) is 0 Å². The Hall–Kier alpha value is -3.84. The van der Waals surface area contributed by atoms with E-state index in [1.54, 1.807) is 0 Å². The van der Waals surface area contributed by atoms with Gasteiger partial charge in [0.25, 0.3) is 0 Å². The van der Waals surface area contributed by atoms with Crippen LogP contribution in [0.2, 0.25) is 0 Å². The Morgan fingerprint density at radius 2 is 1.66 bits per heavy atom. The number of carbonyl (C=O) groups is 2. The quantitative estimate of drug-likeness (QED) is 0.119. The van der Waals surface area contributed by atoms with Crippen molar-refractivity contribution >= 4 is 17.8 Å². The van der Waals surface area contributed by atoms with Gasteiger partial charge in [0.05, 0.1) is 5.56 Å². The van der Waals surface area contributed by atoms with Crippen molar-refractivity contribution in [3.63, 3.8) is 0 Å². The average Bonchev–Trinajstić information content (AvgIpc) is 2.82. The number of aromatic hydroxyl groups is 4. The normalized spacial score (nSPS) is 24.3. The van der Waals surface area contributed by atoms with Crippen molar-refractivity contribution in [3.05, 3.63) is 47.5 Å². The number of ether oxygens (including phenoxy) is 3. The van der Waals surface area contributed by atoms with Crippen molar-refractivity contribution in [3.8, 4) is 28.7 Å². The van der Waals surface area contributed by atoms with Crippen LogP contribution < -0.4 is 4.74 Å².